The minimum absolute atomic E-state index is 0.0694. The Hall–Kier alpha value is -1.94. The lowest BCUT2D eigenvalue weighted by molar-refractivity contribution is 0.387. The van der Waals surface area contributed by atoms with Gasteiger partial charge in [-0.25, -0.2) is 0 Å². The summed E-state index contributed by atoms with van der Waals surface area (Å²) in [7, 11) is 5.21. The van der Waals surface area contributed by atoms with E-state index in [1.165, 1.54) is 0 Å². The van der Waals surface area contributed by atoms with Crippen molar-refractivity contribution in [3.63, 3.8) is 0 Å². The van der Waals surface area contributed by atoms with Crippen molar-refractivity contribution >= 4 is 0 Å². The first-order valence-corrected chi connectivity index (χ1v) is 6.14. The Balaban J connectivity index is 2.51. The highest BCUT2D eigenvalue weighted by Crippen LogP contribution is 2.34. The number of hydrogen-bond donors (Lipinski definition) is 1. The molecule has 1 aromatic heterocycles. The van der Waals surface area contributed by atoms with E-state index in [0.717, 1.165) is 28.4 Å². The highest BCUT2D eigenvalue weighted by molar-refractivity contribution is 5.45. The Bertz CT molecular complexity index is 548. The van der Waals surface area contributed by atoms with Crippen molar-refractivity contribution in [2.45, 2.75) is 13.0 Å². The van der Waals surface area contributed by atoms with Crippen molar-refractivity contribution in [3.8, 4) is 11.5 Å². The van der Waals surface area contributed by atoms with Gasteiger partial charge in [-0.05, 0) is 43.8 Å². The molecule has 19 heavy (non-hydrogen) atoms. The average Bonchev–Trinajstić information content (AvgIpc) is 2.86. The fraction of sp³-hybridized carbons (Fsp3) is 0.333. The third-order valence-corrected chi connectivity index (χ3v) is 3.20. The summed E-state index contributed by atoms with van der Waals surface area (Å²) in [5, 5.41) is 3.26. The van der Waals surface area contributed by atoms with Crippen LogP contribution >= 0.6 is 0 Å². The van der Waals surface area contributed by atoms with Gasteiger partial charge in [0.25, 0.3) is 0 Å². The Morgan fingerprint density at radius 1 is 1.16 bits per heavy atom. The molecule has 4 heteroatoms. The van der Waals surface area contributed by atoms with Gasteiger partial charge in [0.2, 0.25) is 0 Å². The molecule has 0 aliphatic heterocycles. The van der Waals surface area contributed by atoms with Gasteiger partial charge in [-0.1, -0.05) is 0 Å². The number of rotatable bonds is 5. The third-order valence-electron chi connectivity index (χ3n) is 3.20. The Kier molecular flexibility index (Phi) is 4.12. The van der Waals surface area contributed by atoms with Crippen molar-refractivity contribution in [3.05, 3.63) is 47.4 Å². The largest absolute Gasteiger partial charge is 0.497 e. The van der Waals surface area contributed by atoms with Gasteiger partial charge >= 0.3 is 0 Å². The fourth-order valence-corrected chi connectivity index (χ4v) is 2.17. The van der Waals surface area contributed by atoms with Crippen LogP contribution in [0, 0.1) is 6.92 Å². The molecular formula is C15H19NO3. The summed E-state index contributed by atoms with van der Waals surface area (Å²) in [6.45, 7) is 2.02. The summed E-state index contributed by atoms with van der Waals surface area (Å²) in [4.78, 5) is 0. The van der Waals surface area contributed by atoms with Crippen molar-refractivity contribution in [2.24, 2.45) is 0 Å². The molecule has 1 unspecified atom stereocenters. The summed E-state index contributed by atoms with van der Waals surface area (Å²) < 4.78 is 16.3. The van der Waals surface area contributed by atoms with E-state index in [-0.39, 0.29) is 6.04 Å². The monoisotopic (exact) mass is 261 g/mol. The molecule has 0 spiro atoms. The van der Waals surface area contributed by atoms with E-state index in [1.807, 2.05) is 38.2 Å². The highest BCUT2D eigenvalue weighted by Gasteiger charge is 2.21. The normalized spacial score (nSPS) is 12.2. The van der Waals surface area contributed by atoms with E-state index in [4.69, 9.17) is 13.9 Å². The first-order chi connectivity index (χ1) is 9.21. The Morgan fingerprint density at radius 3 is 2.47 bits per heavy atom. The van der Waals surface area contributed by atoms with Crippen LogP contribution in [0.1, 0.15) is 22.9 Å². The molecule has 2 rings (SSSR count). The zero-order chi connectivity index (χ0) is 13.8. The molecule has 0 aliphatic rings. The number of benzene rings is 1. The minimum Gasteiger partial charge on any atom is -0.497 e. The smallest absolute Gasteiger partial charge is 0.128 e. The summed E-state index contributed by atoms with van der Waals surface area (Å²) in [6.07, 6.45) is 1.70. The van der Waals surface area contributed by atoms with Crippen LogP contribution in [0.3, 0.4) is 0 Å². The van der Waals surface area contributed by atoms with Crippen LogP contribution < -0.4 is 14.8 Å². The minimum atomic E-state index is -0.0694. The molecule has 0 fully saturated rings. The van der Waals surface area contributed by atoms with Crippen molar-refractivity contribution in [1.29, 1.82) is 0 Å². The zero-order valence-electron chi connectivity index (χ0n) is 11.7. The van der Waals surface area contributed by atoms with Crippen molar-refractivity contribution in [2.75, 3.05) is 21.3 Å². The van der Waals surface area contributed by atoms with Crippen LogP contribution in [0.4, 0.5) is 0 Å². The van der Waals surface area contributed by atoms with Crippen molar-refractivity contribution in [1.82, 2.24) is 5.32 Å². The molecule has 2 aromatic rings. The standard InChI is InChI=1S/C15H19NO3/c1-10-7-8-19-15(10)14(16-2)12-9-11(17-3)5-6-13(12)18-4/h5-9,14,16H,1-4H3. The molecule has 0 aliphatic carbocycles. The maximum atomic E-state index is 5.59. The maximum Gasteiger partial charge on any atom is 0.128 e. The van der Waals surface area contributed by atoms with E-state index >= 15 is 0 Å². The van der Waals surface area contributed by atoms with Gasteiger partial charge in [-0.3, -0.25) is 0 Å². The zero-order valence-corrected chi connectivity index (χ0v) is 11.7. The van der Waals surface area contributed by atoms with Crippen LogP contribution in [-0.4, -0.2) is 21.3 Å². The van der Waals surface area contributed by atoms with E-state index < -0.39 is 0 Å². The van der Waals surface area contributed by atoms with E-state index in [2.05, 4.69) is 5.32 Å². The van der Waals surface area contributed by atoms with E-state index in [1.54, 1.807) is 20.5 Å². The molecule has 102 valence electrons. The molecular weight excluding hydrogens is 242 g/mol. The maximum absolute atomic E-state index is 5.59. The van der Waals surface area contributed by atoms with Crippen LogP contribution in [0.25, 0.3) is 0 Å². The van der Waals surface area contributed by atoms with Gasteiger partial charge in [-0.15, -0.1) is 0 Å². The fourth-order valence-electron chi connectivity index (χ4n) is 2.17. The molecule has 1 aromatic carbocycles. The lowest BCUT2D eigenvalue weighted by atomic mass is 10.0. The van der Waals surface area contributed by atoms with Crippen LogP contribution in [-0.2, 0) is 0 Å². The lowest BCUT2D eigenvalue weighted by Gasteiger charge is -2.19. The van der Waals surface area contributed by atoms with Crippen LogP contribution in [0.5, 0.6) is 11.5 Å². The average molecular weight is 261 g/mol. The molecule has 0 bridgehead atoms. The predicted octanol–water partition coefficient (Wildman–Crippen LogP) is 2.91. The molecule has 0 saturated carbocycles. The lowest BCUT2D eigenvalue weighted by Crippen LogP contribution is -2.18. The molecule has 1 heterocycles. The summed E-state index contributed by atoms with van der Waals surface area (Å²) >= 11 is 0. The molecule has 0 amide bonds. The first-order valence-electron chi connectivity index (χ1n) is 6.14. The first kappa shape index (κ1) is 13.5. The number of nitrogens with one attached hydrogen (secondary N) is 1. The van der Waals surface area contributed by atoms with Gasteiger partial charge in [0, 0.05) is 5.56 Å². The SMILES string of the molecule is CNC(c1cc(OC)ccc1OC)c1occc1C. The van der Waals surface area contributed by atoms with Crippen LogP contribution in [0.2, 0.25) is 0 Å². The third kappa shape index (κ3) is 2.58. The number of furan rings is 1. The van der Waals surface area contributed by atoms with Gasteiger partial charge in [-0.2, -0.15) is 0 Å². The van der Waals surface area contributed by atoms with E-state index in [0.29, 0.717) is 0 Å². The summed E-state index contributed by atoms with van der Waals surface area (Å²) in [5.74, 6) is 2.48. The quantitative estimate of drug-likeness (QED) is 0.898. The molecule has 0 radical (unpaired) electrons. The molecule has 4 nitrogen and oxygen atoms in total. The van der Waals surface area contributed by atoms with Crippen LogP contribution in [0.15, 0.2) is 34.9 Å². The van der Waals surface area contributed by atoms with E-state index in [9.17, 15) is 0 Å². The second kappa shape index (κ2) is 5.80. The number of aryl methyl sites for hydroxylation is 1. The summed E-state index contributed by atoms with van der Waals surface area (Å²) in [5.41, 5.74) is 2.09. The highest BCUT2D eigenvalue weighted by atomic mass is 16.5. The second-order valence-electron chi connectivity index (χ2n) is 4.30. The number of hydrogen-bond acceptors (Lipinski definition) is 4. The van der Waals surface area contributed by atoms with Gasteiger partial charge in [0.05, 0.1) is 26.5 Å². The van der Waals surface area contributed by atoms with Gasteiger partial charge in [0.15, 0.2) is 0 Å². The van der Waals surface area contributed by atoms with Gasteiger partial charge < -0.3 is 19.2 Å². The Labute approximate surface area is 113 Å². The topological polar surface area (TPSA) is 43.6 Å². The molecule has 1 N–H and O–H groups in total. The number of ether oxygens (including phenoxy) is 2. The van der Waals surface area contributed by atoms with Gasteiger partial charge in [0.1, 0.15) is 17.3 Å². The second-order valence-corrected chi connectivity index (χ2v) is 4.30. The molecule has 1 atom stereocenters. The summed E-state index contributed by atoms with van der Waals surface area (Å²) in [6, 6.07) is 7.62. The molecule has 0 saturated heterocycles. The Morgan fingerprint density at radius 2 is 1.95 bits per heavy atom. The van der Waals surface area contributed by atoms with Crippen molar-refractivity contribution < 1.29 is 13.9 Å². The predicted molar refractivity (Wildman–Crippen MR) is 73.9 cm³/mol. The number of methoxy groups -OCH3 is 2.